The van der Waals surface area contributed by atoms with Crippen molar-refractivity contribution in [1.82, 2.24) is 9.55 Å². The van der Waals surface area contributed by atoms with Crippen molar-refractivity contribution in [2.45, 2.75) is 6.54 Å². The van der Waals surface area contributed by atoms with E-state index in [9.17, 15) is 9.59 Å². The third-order valence-corrected chi connectivity index (χ3v) is 5.65. The normalized spacial score (nSPS) is 10.8. The third kappa shape index (κ3) is 3.88. The molecule has 0 N–H and O–H groups in total. The van der Waals surface area contributed by atoms with Gasteiger partial charge in [0.1, 0.15) is 11.4 Å². The monoisotopic (exact) mass is 401 g/mol. The molecule has 1 amide bonds. The minimum Gasteiger partial charge on any atom is -0.307 e. The molecule has 0 aliphatic rings. The Labute approximate surface area is 172 Å². The summed E-state index contributed by atoms with van der Waals surface area (Å²) in [6, 6.07) is 21.1. The van der Waals surface area contributed by atoms with Crippen LogP contribution in [0.25, 0.3) is 20.7 Å². The lowest BCUT2D eigenvalue weighted by Gasteiger charge is -2.21. The molecule has 0 spiro atoms. The Balaban J connectivity index is 1.65. The van der Waals surface area contributed by atoms with Gasteiger partial charge in [-0.05, 0) is 23.8 Å². The summed E-state index contributed by atoms with van der Waals surface area (Å²) in [6.45, 7) is 4.01. The molecule has 0 aliphatic carbocycles. The van der Waals surface area contributed by atoms with Crippen molar-refractivity contribution >= 4 is 33.1 Å². The molecule has 29 heavy (non-hydrogen) atoms. The number of carbonyl (C=O) groups is 1. The number of thiophene rings is 1. The zero-order valence-corrected chi connectivity index (χ0v) is 16.5. The predicted octanol–water partition coefficient (Wildman–Crippen LogP) is 4.34. The summed E-state index contributed by atoms with van der Waals surface area (Å²) >= 11 is 1.47. The standard InChI is InChI=1S/C23H19N3O2S/c1-2-13-26(18-11-7-4-8-12-18)21(27)15-25-16-24-22-19(23(25)28)14-20(29-22)17-9-5-3-6-10-17/h2-12,14,16H,1,13,15H2. The summed E-state index contributed by atoms with van der Waals surface area (Å²) < 4.78 is 1.37. The second-order valence-electron chi connectivity index (χ2n) is 6.50. The van der Waals surface area contributed by atoms with Crippen LogP contribution in [0.1, 0.15) is 0 Å². The van der Waals surface area contributed by atoms with Gasteiger partial charge in [0, 0.05) is 17.1 Å². The molecule has 144 valence electrons. The Morgan fingerprint density at radius 1 is 1.10 bits per heavy atom. The van der Waals surface area contributed by atoms with E-state index in [0.29, 0.717) is 16.8 Å². The molecule has 0 unspecified atom stereocenters. The molecule has 2 heterocycles. The van der Waals surface area contributed by atoms with Gasteiger partial charge in [-0.1, -0.05) is 54.6 Å². The zero-order valence-electron chi connectivity index (χ0n) is 15.7. The average Bonchev–Trinajstić information content (AvgIpc) is 3.20. The van der Waals surface area contributed by atoms with E-state index in [-0.39, 0.29) is 18.0 Å². The zero-order chi connectivity index (χ0) is 20.2. The Kier molecular flexibility index (Phi) is 5.35. The molecule has 0 saturated carbocycles. The molecule has 2 aromatic heterocycles. The second kappa shape index (κ2) is 8.24. The fourth-order valence-electron chi connectivity index (χ4n) is 3.14. The minimum absolute atomic E-state index is 0.0823. The number of fused-ring (bicyclic) bond motifs is 1. The Morgan fingerprint density at radius 3 is 2.48 bits per heavy atom. The van der Waals surface area contributed by atoms with Crippen LogP contribution in [0, 0.1) is 0 Å². The average molecular weight is 401 g/mol. The highest BCUT2D eigenvalue weighted by molar-refractivity contribution is 7.21. The quantitative estimate of drug-likeness (QED) is 0.452. The lowest BCUT2D eigenvalue weighted by Crippen LogP contribution is -2.36. The van der Waals surface area contributed by atoms with Crippen molar-refractivity contribution in [3.8, 4) is 10.4 Å². The third-order valence-electron chi connectivity index (χ3n) is 4.56. The number of carbonyl (C=O) groups excluding carboxylic acids is 1. The van der Waals surface area contributed by atoms with Gasteiger partial charge in [0.25, 0.3) is 5.56 Å². The highest BCUT2D eigenvalue weighted by atomic mass is 32.1. The molecule has 0 radical (unpaired) electrons. The van der Waals surface area contributed by atoms with Gasteiger partial charge in [0.15, 0.2) is 0 Å². The van der Waals surface area contributed by atoms with Gasteiger partial charge in [-0.25, -0.2) is 4.98 Å². The Hall–Kier alpha value is -3.51. The van der Waals surface area contributed by atoms with Crippen LogP contribution in [0.4, 0.5) is 5.69 Å². The van der Waals surface area contributed by atoms with Crippen molar-refractivity contribution in [2.24, 2.45) is 0 Å². The van der Waals surface area contributed by atoms with E-state index in [4.69, 9.17) is 0 Å². The van der Waals surface area contributed by atoms with E-state index in [1.165, 1.54) is 22.2 Å². The van der Waals surface area contributed by atoms with Crippen molar-refractivity contribution in [3.63, 3.8) is 0 Å². The highest BCUT2D eigenvalue weighted by Gasteiger charge is 2.17. The van der Waals surface area contributed by atoms with Crippen LogP contribution in [0.3, 0.4) is 0 Å². The smallest absolute Gasteiger partial charge is 0.262 e. The van der Waals surface area contributed by atoms with Crippen LogP contribution in [-0.4, -0.2) is 22.0 Å². The first kappa shape index (κ1) is 18.8. The maximum atomic E-state index is 13.0. The summed E-state index contributed by atoms with van der Waals surface area (Å²) in [6.07, 6.45) is 3.12. The second-order valence-corrected chi connectivity index (χ2v) is 7.53. The molecule has 0 bridgehead atoms. The number of aromatic nitrogens is 2. The van der Waals surface area contributed by atoms with Gasteiger partial charge in [0.05, 0.1) is 11.7 Å². The Morgan fingerprint density at radius 2 is 1.79 bits per heavy atom. The summed E-state index contributed by atoms with van der Waals surface area (Å²) in [4.78, 5) is 33.5. The van der Waals surface area contributed by atoms with Crippen LogP contribution in [-0.2, 0) is 11.3 Å². The minimum atomic E-state index is -0.214. The van der Waals surface area contributed by atoms with Gasteiger partial charge in [-0.2, -0.15) is 0 Å². The SMILES string of the molecule is C=CCN(C(=O)Cn1cnc2sc(-c3ccccc3)cc2c1=O)c1ccccc1. The maximum Gasteiger partial charge on any atom is 0.262 e. The molecule has 4 rings (SSSR count). The lowest BCUT2D eigenvalue weighted by atomic mass is 10.2. The van der Waals surface area contributed by atoms with Crippen LogP contribution >= 0.6 is 11.3 Å². The number of rotatable bonds is 6. The Bertz CT molecular complexity index is 1210. The van der Waals surface area contributed by atoms with E-state index >= 15 is 0 Å². The topological polar surface area (TPSA) is 55.2 Å². The molecular formula is C23H19N3O2S. The van der Waals surface area contributed by atoms with Crippen molar-refractivity contribution < 1.29 is 4.79 Å². The molecule has 4 aromatic rings. The van der Waals surface area contributed by atoms with E-state index in [0.717, 1.165) is 16.1 Å². The molecular weight excluding hydrogens is 382 g/mol. The number of para-hydroxylation sites is 1. The molecule has 2 aromatic carbocycles. The van der Waals surface area contributed by atoms with E-state index in [2.05, 4.69) is 11.6 Å². The molecule has 6 heteroatoms. The number of hydrogen-bond donors (Lipinski definition) is 0. The number of anilines is 1. The summed E-state index contributed by atoms with van der Waals surface area (Å²) in [5.41, 5.74) is 1.59. The number of amides is 1. The molecule has 0 atom stereocenters. The van der Waals surface area contributed by atoms with Gasteiger partial charge >= 0.3 is 0 Å². The van der Waals surface area contributed by atoms with Crippen LogP contribution in [0.15, 0.2) is 90.5 Å². The lowest BCUT2D eigenvalue weighted by molar-refractivity contribution is -0.119. The van der Waals surface area contributed by atoms with E-state index in [1.54, 1.807) is 11.0 Å². The first-order valence-corrected chi connectivity index (χ1v) is 10.00. The first-order chi connectivity index (χ1) is 14.2. The van der Waals surface area contributed by atoms with Gasteiger partial charge in [0.2, 0.25) is 5.91 Å². The van der Waals surface area contributed by atoms with E-state index in [1.807, 2.05) is 66.7 Å². The summed E-state index contributed by atoms with van der Waals surface area (Å²) in [5, 5.41) is 0.527. The van der Waals surface area contributed by atoms with Crippen LogP contribution in [0.2, 0.25) is 0 Å². The number of nitrogens with zero attached hydrogens (tertiary/aromatic N) is 3. The van der Waals surface area contributed by atoms with Gasteiger partial charge < -0.3 is 4.90 Å². The van der Waals surface area contributed by atoms with Gasteiger partial charge in [-0.15, -0.1) is 17.9 Å². The largest absolute Gasteiger partial charge is 0.307 e. The maximum absolute atomic E-state index is 13.0. The molecule has 0 aliphatic heterocycles. The fraction of sp³-hybridized carbons (Fsp3) is 0.0870. The van der Waals surface area contributed by atoms with Crippen molar-refractivity contribution in [1.29, 1.82) is 0 Å². The molecule has 0 saturated heterocycles. The van der Waals surface area contributed by atoms with E-state index < -0.39 is 0 Å². The molecule has 0 fully saturated rings. The van der Waals surface area contributed by atoms with Crippen LogP contribution < -0.4 is 10.5 Å². The number of benzene rings is 2. The van der Waals surface area contributed by atoms with Crippen molar-refractivity contribution in [2.75, 3.05) is 11.4 Å². The fourth-order valence-corrected chi connectivity index (χ4v) is 4.13. The van der Waals surface area contributed by atoms with Crippen LogP contribution in [0.5, 0.6) is 0 Å². The molecule has 5 nitrogen and oxygen atoms in total. The predicted molar refractivity (Wildman–Crippen MR) is 118 cm³/mol. The first-order valence-electron chi connectivity index (χ1n) is 9.18. The highest BCUT2D eigenvalue weighted by Crippen LogP contribution is 2.30. The summed E-state index contributed by atoms with van der Waals surface area (Å²) in [7, 11) is 0. The summed E-state index contributed by atoms with van der Waals surface area (Å²) in [5.74, 6) is -0.196. The van der Waals surface area contributed by atoms with Gasteiger partial charge in [-0.3, -0.25) is 14.2 Å². The van der Waals surface area contributed by atoms with Crippen molar-refractivity contribution in [3.05, 3.63) is 96.1 Å². The number of hydrogen-bond acceptors (Lipinski definition) is 4.